The van der Waals surface area contributed by atoms with Crippen molar-refractivity contribution in [2.45, 2.75) is 19.4 Å². The molecule has 0 radical (unpaired) electrons. The van der Waals surface area contributed by atoms with Crippen LogP contribution in [-0.4, -0.2) is 71.5 Å². The summed E-state index contributed by atoms with van der Waals surface area (Å²) in [6.07, 6.45) is 2.29. The van der Waals surface area contributed by atoms with E-state index in [4.69, 9.17) is 17.3 Å². The number of benzene rings is 2. The number of nitrogens with zero attached hydrogens (tertiary/aromatic N) is 4. The second-order valence-electron chi connectivity index (χ2n) is 9.11. The Morgan fingerprint density at radius 3 is 2.32 bits per heavy atom. The number of anilines is 2. The third kappa shape index (κ3) is 8.53. The summed E-state index contributed by atoms with van der Waals surface area (Å²) in [5, 5.41) is 6.16. The maximum atomic E-state index is 12.7. The zero-order valence-electron chi connectivity index (χ0n) is 20.8. The Labute approximate surface area is 237 Å². The topological polar surface area (TPSA) is 99.4 Å². The van der Waals surface area contributed by atoms with Gasteiger partial charge in [0.1, 0.15) is 0 Å². The first-order valence-electron chi connectivity index (χ1n) is 12.6. The van der Waals surface area contributed by atoms with Crippen molar-refractivity contribution in [3.8, 4) is 0 Å². The number of rotatable bonds is 11. The molecular formula is C27H33ClIN7O. The van der Waals surface area contributed by atoms with Crippen molar-refractivity contribution in [2.24, 2.45) is 0 Å². The average Bonchev–Trinajstić information content (AvgIpc) is 2.91. The van der Waals surface area contributed by atoms with Crippen LogP contribution in [0.4, 0.5) is 11.6 Å². The van der Waals surface area contributed by atoms with Gasteiger partial charge in [-0.05, 0) is 65.2 Å². The molecule has 1 fully saturated rings. The number of carbonyl (C=O) groups excluding carboxylic acids is 1. The van der Waals surface area contributed by atoms with E-state index in [9.17, 15) is 4.79 Å². The quantitative estimate of drug-likeness (QED) is 0.276. The maximum absolute atomic E-state index is 12.7. The van der Waals surface area contributed by atoms with Crippen LogP contribution in [0.2, 0.25) is 5.15 Å². The molecule has 2 aromatic carbocycles. The number of carbonyl (C=O) groups is 1. The first-order valence-corrected chi connectivity index (χ1v) is 14.0. The van der Waals surface area contributed by atoms with Gasteiger partial charge in [0.25, 0.3) is 5.91 Å². The predicted molar refractivity (Wildman–Crippen MR) is 158 cm³/mol. The number of hydrogen-bond donors (Lipinski definition) is 3. The van der Waals surface area contributed by atoms with Gasteiger partial charge in [-0.25, -0.2) is 9.97 Å². The van der Waals surface area contributed by atoms with E-state index in [1.54, 1.807) is 0 Å². The molecule has 0 bridgehead atoms. The Morgan fingerprint density at radius 2 is 1.62 bits per heavy atom. The van der Waals surface area contributed by atoms with Crippen molar-refractivity contribution in [3.05, 3.63) is 80.1 Å². The van der Waals surface area contributed by atoms with Crippen molar-refractivity contribution in [1.82, 2.24) is 25.1 Å². The van der Waals surface area contributed by atoms with Crippen molar-refractivity contribution < 1.29 is 4.79 Å². The number of nitrogen functional groups attached to an aromatic ring is 1. The molecule has 0 atom stereocenters. The number of piperazine rings is 1. The SMILES string of the molecule is Nc1nc(NCc2ccc(I)cc2)c(Cl)nc1C(=O)NCCN1CCN(CCCc2ccccc2)CC1. The summed E-state index contributed by atoms with van der Waals surface area (Å²) in [5.74, 6) is 0.0441. The lowest BCUT2D eigenvalue weighted by atomic mass is 10.1. The molecule has 1 amide bonds. The highest BCUT2D eigenvalue weighted by molar-refractivity contribution is 14.1. The largest absolute Gasteiger partial charge is 0.382 e. The second kappa shape index (κ2) is 13.9. The number of halogens is 2. The van der Waals surface area contributed by atoms with Crippen molar-refractivity contribution >= 4 is 51.7 Å². The third-order valence-electron chi connectivity index (χ3n) is 6.43. The van der Waals surface area contributed by atoms with Crippen LogP contribution in [0, 0.1) is 3.57 Å². The number of nitrogens with two attached hydrogens (primary N) is 1. The van der Waals surface area contributed by atoms with Gasteiger partial charge >= 0.3 is 0 Å². The molecule has 0 spiro atoms. The fourth-order valence-corrected chi connectivity index (χ4v) is 4.85. The lowest BCUT2D eigenvalue weighted by Crippen LogP contribution is -2.48. The Balaban J connectivity index is 1.16. The van der Waals surface area contributed by atoms with E-state index >= 15 is 0 Å². The van der Waals surface area contributed by atoms with Gasteiger partial charge in [-0.15, -0.1) is 0 Å². The van der Waals surface area contributed by atoms with Crippen LogP contribution in [0.3, 0.4) is 0 Å². The van der Waals surface area contributed by atoms with Gasteiger partial charge in [0.15, 0.2) is 22.5 Å². The van der Waals surface area contributed by atoms with Crippen molar-refractivity contribution in [3.63, 3.8) is 0 Å². The van der Waals surface area contributed by atoms with Gasteiger partial charge in [-0.1, -0.05) is 54.1 Å². The molecule has 0 saturated carbocycles. The Kier molecular flexibility index (Phi) is 10.4. The first kappa shape index (κ1) is 27.6. The number of amides is 1. The van der Waals surface area contributed by atoms with Crippen LogP contribution in [0.15, 0.2) is 54.6 Å². The number of aromatic nitrogens is 2. The lowest BCUT2D eigenvalue weighted by molar-refractivity contribution is 0.0932. The molecule has 3 aromatic rings. The second-order valence-corrected chi connectivity index (χ2v) is 10.7. The van der Waals surface area contributed by atoms with Crippen LogP contribution in [0.5, 0.6) is 0 Å². The van der Waals surface area contributed by atoms with Gasteiger partial charge in [0.2, 0.25) is 0 Å². The molecule has 196 valence electrons. The smallest absolute Gasteiger partial charge is 0.273 e. The number of hydrogen-bond acceptors (Lipinski definition) is 7. The molecule has 4 N–H and O–H groups in total. The van der Waals surface area contributed by atoms with Crippen LogP contribution in [0.25, 0.3) is 0 Å². The maximum Gasteiger partial charge on any atom is 0.273 e. The van der Waals surface area contributed by atoms with E-state index in [-0.39, 0.29) is 22.6 Å². The van der Waals surface area contributed by atoms with Crippen LogP contribution in [-0.2, 0) is 13.0 Å². The summed E-state index contributed by atoms with van der Waals surface area (Å²) in [5.41, 5.74) is 8.56. The fraction of sp³-hybridized carbons (Fsp3) is 0.370. The van der Waals surface area contributed by atoms with Gasteiger partial charge in [-0.2, -0.15) is 0 Å². The summed E-state index contributed by atoms with van der Waals surface area (Å²) in [6, 6.07) is 18.7. The zero-order valence-corrected chi connectivity index (χ0v) is 23.7. The van der Waals surface area contributed by atoms with E-state index < -0.39 is 0 Å². The zero-order chi connectivity index (χ0) is 26.0. The lowest BCUT2D eigenvalue weighted by Gasteiger charge is -2.34. The molecule has 1 saturated heterocycles. The molecule has 0 aliphatic carbocycles. The van der Waals surface area contributed by atoms with Crippen LogP contribution >= 0.6 is 34.2 Å². The minimum Gasteiger partial charge on any atom is -0.382 e. The molecule has 8 nitrogen and oxygen atoms in total. The van der Waals surface area contributed by atoms with E-state index in [0.717, 1.165) is 54.8 Å². The van der Waals surface area contributed by atoms with Gasteiger partial charge in [-0.3, -0.25) is 9.69 Å². The summed E-state index contributed by atoms with van der Waals surface area (Å²) in [7, 11) is 0. The molecule has 1 aromatic heterocycles. The predicted octanol–water partition coefficient (Wildman–Crippen LogP) is 3.91. The van der Waals surface area contributed by atoms with E-state index in [0.29, 0.717) is 18.9 Å². The van der Waals surface area contributed by atoms with Crippen molar-refractivity contribution in [2.75, 3.05) is 56.9 Å². The minimum absolute atomic E-state index is 0.0491. The van der Waals surface area contributed by atoms with E-state index in [1.807, 2.05) is 24.3 Å². The highest BCUT2D eigenvalue weighted by atomic mass is 127. The van der Waals surface area contributed by atoms with Gasteiger partial charge in [0.05, 0.1) is 0 Å². The number of nitrogens with one attached hydrogen (secondary N) is 2. The molecular weight excluding hydrogens is 601 g/mol. The van der Waals surface area contributed by atoms with Gasteiger partial charge < -0.3 is 21.3 Å². The van der Waals surface area contributed by atoms with Crippen LogP contribution < -0.4 is 16.4 Å². The average molecular weight is 634 g/mol. The molecule has 0 unspecified atom stereocenters. The minimum atomic E-state index is -0.365. The highest BCUT2D eigenvalue weighted by Gasteiger charge is 2.19. The Hall–Kier alpha value is -2.47. The fourth-order valence-electron chi connectivity index (χ4n) is 4.29. The van der Waals surface area contributed by atoms with Gasteiger partial charge in [0, 0.05) is 49.4 Å². The summed E-state index contributed by atoms with van der Waals surface area (Å²) in [6.45, 7) is 7.02. The monoisotopic (exact) mass is 633 g/mol. The van der Waals surface area contributed by atoms with Crippen molar-refractivity contribution in [1.29, 1.82) is 0 Å². The molecule has 1 aliphatic rings. The summed E-state index contributed by atoms with van der Waals surface area (Å²) < 4.78 is 1.16. The van der Waals surface area contributed by atoms with E-state index in [2.05, 4.69) is 83.3 Å². The first-order chi connectivity index (χ1) is 18.0. The van der Waals surface area contributed by atoms with E-state index in [1.165, 1.54) is 12.0 Å². The molecule has 2 heterocycles. The third-order valence-corrected chi connectivity index (χ3v) is 7.41. The standard InChI is InChI=1S/C27H33ClIN7O/c28-24-26(32-19-21-8-10-22(29)11-9-21)34-25(30)23(33-24)27(37)31-12-14-36-17-15-35(16-18-36)13-4-7-20-5-2-1-3-6-20/h1-3,5-6,8-11H,4,7,12-19H2,(H,31,37)(H3,30,32,34). The summed E-state index contributed by atoms with van der Waals surface area (Å²) in [4.78, 5) is 26.0. The molecule has 1 aliphatic heterocycles. The van der Waals surface area contributed by atoms with Crippen LogP contribution in [0.1, 0.15) is 28.0 Å². The summed E-state index contributed by atoms with van der Waals surface area (Å²) >= 11 is 8.55. The Bertz CT molecular complexity index is 1160. The normalized spacial score (nSPS) is 14.4. The number of aryl methyl sites for hydroxylation is 1. The highest BCUT2D eigenvalue weighted by Crippen LogP contribution is 2.21. The molecule has 37 heavy (non-hydrogen) atoms. The Morgan fingerprint density at radius 1 is 0.946 bits per heavy atom. The molecule has 4 rings (SSSR count). The molecule has 10 heteroatoms.